The van der Waals surface area contributed by atoms with Crippen LogP contribution in [-0.4, -0.2) is 25.8 Å². The van der Waals surface area contributed by atoms with Crippen LogP contribution in [-0.2, 0) is 9.84 Å². The first-order valence-electron chi connectivity index (χ1n) is 8.81. The summed E-state index contributed by atoms with van der Waals surface area (Å²) in [6.07, 6.45) is 2.95. The Morgan fingerprint density at radius 1 is 1.20 bits per heavy atom. The molecule has 0 aliphatic carbocycles. The largest absolute Gasteiger partial charge is 0.508 e. The van der Waals surface area contributed by atoms with Crippen LogP contribution in [0, 0.1) is 12.8 Å². The summed E-state index contributed by atoms with van der Waals surface area (Å²) in [7, 11) is -3.44. The number of nitrogens with zero attached hydrogens (tertiary/aromatic N) is 1. The summed E-state index contributed by atoms with van der Waals surface area (Å²) in [5.74, 6) is 0.230. The molecule has 0 saturated carbocycles. The van der Waals surface area contributed by atoms with Gasteiger partial charge in [0.15, 0.2) is 9.84 Å². The van der Waals surface area contributed by atoms with Gasteiger partial charge in [0.2, 0.25) is 0 Å². The molecule has 1 unspecified atom stereocenters. The van der Waals surface area contributed by atoms with Crippen molar-refractivity contribution in [2.24, 2.45) is 5.92 Å². The van der Waals surface area contributed by atoms with E-state index in [1.165, 1.54) is 6.07 Å². The Morgan fingerprint density at radius 3 is 2.60 bits per heavy atom. The van der Waals surface area contributed by atoms with Crippen LogP contribution in [0.5, 0.6) is 5.75 Å². The number of anilines is 2. The molecule has 134 valence electrons. The number of hydrogen-bond donors (Lipinski definition) is 1. The second kappa shape index (κ2) is 7.08. The molecule has 0 saturated heterocycles. The molecule has 0 amide bonds. The van der Waals surface area contributed by atoms with Crippen molar-refractivity contribution < 1.29 is 13.5 Å². The molecule has 4 nitrogen and oxygen atoms in total. The van der Waals surface area contributed by atoms with Crippen molar-refractivity contribution in [3.63, 3.8) is 0 Å². The van der Waals surface area contributed by atoms with Gasteiger partial charge >= 0.3 is 0 Å². The number of rotatable bonds is 4. The Hall–Kier alpha value is -2.01. The molecule has 1 atom stereocenters. The highest BCUT2D eigenvalue weighted by molar-refractivity contribution is 7.91. The van der Waals surface area contributed by atoms with Crippen LogP contribution in [0.15, 0.2) is 47.4 Å². The summed E-state index contributed by atoms with van der Waals surface area (Å²) >= 11 is 0. The number of benzene rings is 2. The number of hydrogen-bond acceptors (Lipinski definition) is 4. The maximum absolute atomic E-state index is 13.0. The van der Waals surface area contributed by atoms with E-state index in [1.807, 2.05) is 30.3 Å². The first-order chi connectivity index (χ1) is 11.9. The van der Waals surface area contributed by atoms with Crippen LogP contribution in [0.25, 0.3) is 0 Å². The lowest BCUT2D eigenvalue weighted by Gasteiger charge is -2.27. The van der Waals surface area contributed by atoms with Crippen molar-refractivity contribution in [1.29, 1.82) is 0 Å². The van der Waals surface area contributed by atoms with Gasteiger partial charge in [0.05, 0.1) is 16.3 Å². The van der Waals surface area contributed by atoms with E-state index in [0.29, 0.717) is 17.8 Å². The zero-order valence-corrected chi connectivity index (χ0v) is 15.6. The third-order valence-corrected chi connectivity index (χ3v) is 6.74. The molecule has 0 fully saturated rings. The summed E-state index contributed by atoms with van der Waals surface area (Å²) in [4.78, 5) is 2.32. The average molecular weight is 359 g/mol. The summed E-state index contributed by atoms with van der Waals surface area (Å²) in [5.41, 5.74) is 2.33. The van der Waals surface area contributed by atoms with Crippen LogP contribution in [0.1, 0.15) is 31.7 Å². The van der Waals surface area contributed by atoms with Crippen molar-refractivity contribution in [1.82, 2.24) is 0 Å². The number of phenols is 1. The van der Waals surface area contributed by atoms with E-state index in [9.17, 15) is 13.5 Å². The molecular weight excluding hydrogens is 334 g/mol. The third-order valence-electron chi connectivity index (χ3n) is 4.83. The maximum Gasteiger partial charge on any atom is 0.180 e. The molecule has 2 aromatic rings. The lowest BCUT2D eigenvalue weighted by molar-refractivity contribution is 0.469. The van der Waals surface area contributed by atoms with Crippen molar-refractivity contribution in [3.05, 3.63) is 48.0 Å². The topological polar surface area (TPSA) is 57.6 Å². The van der Waals surface area contributed by atoms with Gasteiger partial charge in [-0.05, 0) is 43.0 Å². The number of unbranched alkanes of at least 4 members (excludes halogenated alkanes) is 1. The predicted octanol–water partition coefficient (Wildman–Crippen LogP) is 4.43. The Bertz CT molecular complexity index is 847. The molecule has 3 rings (SSSR count). The van der Waals surface area contributed by atoms with Gasteiger partial charge in [-0.2, -0.15) is 0 Å². The average Bonchev–Trinajstić information content (AvgIpc) is 2.69. The molecule has 1 heterocycles. The molecule has 5 heteroatoms. The van der Waals surface area contributed by atoms with Crippen molar-refractivity contribution >= 4 is 21.2 Å². The van der Waals surface area contributed by atoms with Crippen LogP contribution < -0.4 is 4.90 Å². The number of aromatic hydroxyl groups is 1. The minimum Gasteiger partial charge on any atom is -0.508 e. The standard InChI is InChI=1S/C20H25NO3S/c1-3-4-8-16-13-21(17-9-6-5-7-10-17)18-11-15(2)19(22)12-20(18)25(23,24)14-16/h5-7,9-12,16,22H,3-4,8,13-14H2,1-2H3. The number of para-hydroxylation sites is 1. The number of aryl methyl sites for hydroxylation is 1. The Balaban J connectivity index is 2.16. The molecule has 0 bridgehead atoms. The fourth-order valence-electron chi connectivity index (χ4n) is 3.45. The molecule has 2 aromatic carbocycles. The van der Waals surface area contributed by atoms with E-state index >= 15 is 0 Å². The highest BCUT2D eigenvalue weighted by Crippen LogP contribution is 2.40. The van der Waals surface area contributed by atoms with E-state index < -0.39 is 9.84 Å². The second-order valence-corrected chi connectivity index (χ2v) is 8.84. The van der Waals surface area contributed by atoms with Crippen LogP contribution >= 0.6 is 0 Å². The normalized spacial score (nSPS) is 19.3. The predicted molar refractivity (Wildman–Crippen MR) is 101 cm³/mol. The quantitative estimate of drug-likeness (QED) is 0.877. The molecular formula is C20H25NO3S. The van der Waals surface area contributed by atoms with Crippen LogP contribution in [0.4, 0.5) is 11.4 Å². The van der Waals surface area contributed by atoms with Gasteiger partial charge in [0.1, 0.15) is 5.75 Å². The lowest BCUT2D eigenvalue weighted by Crippen LogP contribution is -2.26. The SMILES string of the molecule is CCCCC1CN(c2ccccc2)c2cc(C)c(O)cc2S(=O)(=O)C1. The zero-order valence-electron chi connectivity index (χ0n) is 14.8. The smallest absolute Gasteiger partial charge is 0.180 e. The van der Waals surface area contributed by atoms with Gasteiger partial charge in [-0.15, -0.1) is 0 Å². The highest BCUT2D eigenvalue weighted by atomic mass is 32.2. The van der Waals surface area contributed by atoms with Crippen molar-refractivity contribution in [3.8, 4) is 5.75 Å². The third kappa shape index (κ3) is 3.66. The number of phenolic OH excluding ortho intramolecular Hbond substituents is 1. The van der Waals surface area contributed by atoms with E-state index in [1.54, 1.807) is 13.0 Å². The molecule has 0 radical (unpaired) electrons. The fourth-order valence-corrected chi connectivity index (χ4v) is 5.30. The summed E-state index contributed by atoms with van der Waals surface area (Å²) in [6.45, 7) is 4.58. The molecule has 0 spiro atoms. The van der Waals surface area contributed by atoms with Gasteiger partial charge in [-0.3, -0.25) is 0 Å². The van der Waals surface area contributed by atoms with Gasteiger partial charge in [0, 0.05) is 18.3 Å². The van der Waals surface area contributed by atoms with Crippen molar-refractivity contribution in [2.45, 2.75) is 38.0 Å². The van der Waals surface area contributed by atoms with Crippen LogP contribution in [0.2, 0.25) is 0 Å². The zero-order chi connectivity index (χ0) is 18.0. The Labute approximate surface area is 150 Å². The first-order valence-corrected chi connectivity index (χ1v) is 10.5. The Morgan fingerprint density at radius 2 is 1.92 bits per heavy atom. The second-order valence-electron chi connectivity index (χ2n) is 6.84. The molecule has 1 aliphatic heterocycles. The van der Waals surface area contributed by atoms with E-state index in [-0.39, 0.29) is 22.3 Å². The van der Waals surface area contributed by atoms with E-state index in [0.717, 1.165) is 24.9 Å². The van der Waals surface area contributed by atoms with Gasteiger partial charge in [-0.25, -0.2) is 8.42 Å². The molecule has 1 aliphatic rings. The fraction of sp³-hybridized carbons (Fsp3) is 0.400. The van der Waals surface area contributed by atoms with E-state index in [2.05, 4.69) is 11.8 Å². The lowest BCUT2D eigenvalue weighted by atomic mass is 10.0. The molecule has 1 N–H and O–H groups in total. The van der Waals surface area contributed by atoms with Crippen LogP contribution in [0.3, 0.4) is 0 Å². The minimum absolute atomic E-state index is 0.0299. The summed E-state index contributed by atoms with van der Waals surface area (Å²) in [5, 5.41) is 10.1. The minimum atomic E-state index is -3.44. The van der Waals surface area contributed by atoms with Gasteiger partial charge in [0.25, 0.3) is 0 Å². The Kier molecular flexibility index (Phi) is 5.04. The maximum atomic E-state index is 13.0. The van der Waals surface area contributed by atoms with Gasteiger partial charge in [-0.1, -0.05) is 38.0 Å². The van der Waals surface area contributed by atoms with Gasteiger partial charge < -0.3 is 10.0 Å². The first kappa shape index (κ1) is 17.8. The number of sulfone groups is 1. The monoisotopic (exact) mass is 359 g/mol. The summed E-state index contributed by atoms with van der Waals surface area (Å²) in [6, 6.07) is 13.1. The molecule has 25 heavy (non-hydrogen) atoms. The van der Waals surface area contributed by atoms with E-state index in [4.69, 9.17) is 0 Å². The molecule has 0 aromatic heterocycles. The highest BCUT2D eigenvalue weighted by Gasteiger charge is 2.32. The number of fused-ring (bicyclic) bond motifs is 1. The van der Waals surface area contributed by atoms with Crippen molar-refractivity contribution in [2.75, 3.05) is 17.2 Å². The summed E-state index contributed by atoms with van der Waals surface area (Å²) < 4.78 is 25.9.